The van der Waals surface area contributed by atoms with Crippen molar-refractivity contribution in [2.24, 2.45) is 5.92 Å². The lowest BCUT2D eigenvalue weighted by Gasteiger charge is -2.11. The van der Waals surface area contributed by atoms with E-state index >= 15 is 0 Å². The number of ether oxygens (including phenoxy) is 2. The number of methoxy groups -OCH3 is 1. The maximum Gasteiger partial charge on any atom is 0.314 e. The fraction of sp³-hybridized carbons (Fsp3) is 0.385. The lowest BCUT2D eigenvalue weighted by Crippen LogP contribution is -2.27. The number of carboxylic acid groups (broad SMARTS) is 1. The Kier molecular flexibility index (Phi) is 5.63. The first-order chi connectivity index (χ1) is 8.99. The molecule has 0 radical (unpaired) electrons. The molecule has 0 saturated heterocycles. The van der Waals surface area contributed by atoms with Crippen LogP contribution in [0.25, 0.3) is 0 Å². The summed E-state index contributed by atoms with van der Waals surface area (Å²) in [6.07, 6.45) is 0.226. The van der Waals surface area contributed by atoms with Gasteiger partial charge in [-0.25, -0.2) is 0 Å². The minimum Gasteiger partial charge on any atom is -0.497 e. The summed E-state index contributed by atoms with van der Waals surface area (Å²) < 4.78 is 10.3. The predicted molar refractivity (Wildman–Crippen MR) is 69.9 cm³/mol. The molecule has 1 aromatic rings. The van der Waals surface area contributed by atoms with Crippen LogP contribution in [-0.2, 0) is 9.59 Å². The van der Waals surface area contributed by atoms with Crippen LogP contribution in [0, 0.1) is 5.92 Å². The Labute approximate surface area is 116 Å². The first kappa shape index (κ1) is 15.3. The molecule has 0 aliphatic heterocycles. The zero-order valence-corrected chi connectivity index (χ0v) is 11.4. The molecule has 0 heterocycles. The van der Waals surface area contributed by atoms with Gasteiger partial charge in [-0.1, -0.05) is 18.5 Å². The third-order valence-corrected chi connectivity index (χ3v) is 2.92. The lowest BCUT2D eigenvalue weighted by atomic mass is 10.0. The summed E-state index contributed by atoms with van der Waals surface area (Å²) in [5, 5.41) is 9.19. The van der Waals surface area contributed by atoms with E-state index in [2.05, 4.69) is 0 Å². The van der Waals surface area contributed by atoms with Crippen LogP contribution in [-0.4, -0.2) is 30.6 Å². The average Bonchev–Trinajstić information content (AvgIpc) is 2.38. The Morgan fingerprint density at radius 3 is 2.63 bits per heavy atom. The molecular formula is C13H15ClO5. The topological polar surface area (TPSA) is 72.8 Å². The maximum atomic E-state index is 11.7. The molecule has 0 fully saturated rings. The maximum absolute atomic E-state index is 11.7. The minimum atomic E-state index is -1.15. The van der Waals surface area contributed by atoms with Gasteiger partial charge in [0.1, 0.15) is 24.0 Å². The first-order valence-electron chi connectivity index (χ1n) is 5.71. The molecule has 1 atom stereocenters. The van der Waals surface area contributed by atoms with Gasteiger partial charge in [0.2, 0.25) is 0 Å². The van der Waals surface area contributed by atoms with E-state index in [0.29, 0.717) is 10.8 Å². The van der Waals surface area contributed by atoms with E-state index in [1.807, 2.05) is 0 Å². The Balaban J connectivity index is 2.71. The number of rotatable bonds is 7. The number of halogens is 1. The summed E-state index contributed by atoms with van der Waals surface area (Å²) in [7, 11) is 1.50. The largest absolute Gasteiger partial charge is 0.497 e. The second-order valence-corrected chi connectivity index (χ2v) is 4.26. The summed E-state index contributed by atoms with van der Waals surface area (Å²) >= 11 is 5.90. The molecule has 1 rings (SSSR count). The predicted octanol–water partition coefficient (Wildman–Crippen LogP) is 2.41. The number of ketones is 1. The molecule has 6 heteroatoms. The molecule has 104 valence electrons. The van der Waals surface area contributed by atoms with Crippen molar-refractivity contribution in [1.29, 1.82) is 0 Å². The normalized spacial score (nSPS) is 11.7. The average molecular weight is 287 g/mol. The molecule has 1 N–H and O–H groups in total. The van der Waals surface area contributed by atoms with Crippen molar-refractivity contribution in [2.75, 3.05) is 13.7 Å². The number of aliphatic carboxylic acids is 1. The molecule has 19 heavy (non-hydrogen) atoms. The summed E-state index contributed by atoms with van der Waals surface area (Å²) in [5.74, 6) is -1.86. The van der Waals surface area contributed by atoms with Crippen molar-refractivity contribution >= 4 is 23.4 Å². The molecule has 0 amide bonds. The van der Waals surface area contributed by atoms with E-state index in [1.165, 1.54) is 13.2 Å². The van der Waals surface area contributed by atoms with Crippen molar-refractivity contribution < 1.29 is 24.2 Å². The molecule has 0 spiro atoms. The first-order valence-corrected chi connectivity index (χ1v) is 6.09. The highest BCUT2D eigenvalue weighted by Crippen LogP contribution is 2.29. The van der Waals surface area contributed by atoms with Crippen LogP contribution in [0.15, 0.2) is 18.2 Å². The van der Waals surface area contributed by atoms with Gasteiger partial charge in [-0.3, -0.25) is 9.59 Å². The highest BCUT2D eigenvalue weighted by molar-refractivity contribution is 6.32. The van der Waals surface area contributed by atoms with Crippen molar-refractivity contribution in [1.82, 2.24) is 0 Å². The minimum absolute atomic E-state index is 0.226. The van der Waals surface area contributed by atoms with E-state index in [9.17, 15) is 9.59 Å². The van der Waals surface area contributed by atoms with Crippen molar-refractivity contribution in [3.63, 3.8) is 0 Å². The second-order valence-electron chi connectivity index (χ2n) is 3.85. The quantitative estimate of drug-likeness (QED) is 0.779. The number of Topliss-reactive ketones (excluding diaryl/α,β-unsaturated/α-hetero) is 1. The van der Waals surface area contributed by atoms with E-state index < -0.39 is 17.7 Å². The third-order valence-electron chi connectivity index (χ3n) is 2.60. The molecule has 1 unspecified atom stereocenters. The molecule has 0 aliphatic rings. The van der Waals surface area contributed by atoms with E-state index in [1.54, 1.807) is 19.1 Å². The van der Waals surface area contributed by atoms with Gasteiger partial charge in [0, 0.05) is 6.07 Å². The van der Waals surface area contributed by atoms with E-state index in [0.717, 1.165) is 0 Å². The lowest BCUT2D eigenvalue weighted by molar-refractivity contribution is -0.147. The number of carbonyl (C=O) groups is 2. The van der Waals surface area contributed by atoms with Crippen molar-refractivity contribution in [2.45, 2.75) is 13.3 Å². The number of carbonyl (C=O) groups excluding carboxylic acids is 1. The molecular weight excluding hydrogens is 272 g/mol. The highest BCUT2D eigenvalue weighted by Gasteiger charge is 2.24. The Morgan fingerprint density at radius 1 is 1.42 bits per heavy atom. The standard InChI is InChI=1S/C13H15ClO5/c1-3-9(13(16)17)11(15)7-19-12-6-8(18-2)4-5-10(12)14/h4-6,9H,3,7H2,1-2H3,(H,16,17). The van der Waals surface area contributed by atoms with Gasteiger partial charge in [-0.2, -0.15) is 0 Å². The van der Waals surface area contributed by atoms with Crippen LogP contribution in [0.2, 0.25) is 5.02 Å². The van der Waals surface area contributed by atoms with Crippen LogP contribution in [0.5, 0.6) is 11.5 Å². The fourth-order valence-electron chi connectivity index (χ4n) is 1.51. The highest BCUT2D eigenvalue weighted by atomic mass is 35.5. The number of hydrogen-bond donors (Lipinski definition) is 1. The molecule has 5 nitrogen and oxygen atoms in total. The van der Waals surface area contributed by atoms with Gasteiger partial charge in [-0.15, -0.1) is 0 Å². The monoisotopic (exact) mass is 286 g/mol. The Bertz CT molecular complexity index is 472. The van der Waals surface area contributed by atoms with E-state index in [4.69, 9.17) is 26.2 Å². The fourth-order valence-corrected chi connectivity index (χ4v) is 1.68. The summed E-state index contributed by atoms with van der Waals surface area (Å²) in [4.78, 5) is 22.5. The zero-order chi connectivity index (χ0) is 14.4. The zero-order valence-electron chi connectivity index (χ0n) is 10.7. The van der Waals surface area contributed by atoms with Gasteiger partial charge in [0.25, 0.3) is 0 Å². The Morgan fingerprint density at radius 2 is 2.11 bits per heavy atom. The van der Waals surface area contributed by atoms with Crippen molar-refractivity contribution in [3.8, 4) is 11.5 Å². The molecule has 1 aromatic carbocycles. The van der Waals surface area contributed by atoms with Crippen LogP contribution in [0.3, 0.4) is 0 Å². The summed E-state index contributed by atoms with van der Waals surface area (Å²) in [5.41, 5.74) is 0. The van der Waals surface area contributed by atoms with Gasteiger partial charge in [-0.05, 0) is 18.6 Å². The molecule has 0 aliphatic carbocycles. The SMILES string of the molecule is CCC(C(=O)O)C(=O)COc1cc(OC)ccc1Cl. The Hall–Kier alpha value is -1.75. The summed E-state index contributed by atoms with van der Waals surface area (Å²) in [6.45, 7) is 1.30. The smallest absolute Gasteiger partial charge is 0.314 e. The van der Waals surface area contributed by atoms with Crippen LogP contribution in [0.4, 0.5) is 0 Å². The van der Waals surface area contributed by atoms with Gasteiger partial charge in [0.15, 0.2) is 5.78 Å². The number of carboxylic acids is 1. The van der Waals surface area contributed by atoms with Crippen molar-refractivity contribution in [3.05, 3.63) is 23.2 Å². The van der Waals surface area contributed by atoms with Crippen LogP contribution < -0.4 is 9.47 Å². The van der Waals surface area contributed by atoms with Crippen LogP contribution >= 0.6 is 11.6 Å². The number of hydrogen-bond acceptors (Lipinski definition) is 4. The number of benzene rings is 1. The summed E-state index contributed by atoms with van der Waals surface area (Å²) in [6, 6.07) is 4.77. The molecule has 0 aromatic heterocycles. The molecule has 0 bridgehead atoms. The van der Waals surface area contributed by atoms with Gasteiger partial charge < -0.3 is 14.6 Å². The van der Waals surface area contributed by atoms with Gasteiger partial charge >= 0.3 is 5.97 Å². The third kappa shape index (κ3) is 4.13. The molecule has 0 saturated carbocycles. The van der Waals surface area contributed by atoms with Gasteiger partial charge in [0.05, 0.1) is 12.1 Å². The van der Waals surface area contributed by atoms with E-state index in [-0.39, 0.29) is 18.8 Å². The second kappa shape index (κ2) is 6.99. The van der Waals surface area contributed by atoms with Crippen LogP contribution in [0.1, 0.15) is 13.3 Å².